The zero-order chi connectivity index (χ0) is 13.3. The van der Waals surface area contributed by atoms with Gasteiger partial charge in [0, 0.05) is 11.8 Å². The van der Waals surface area contributed by atoms with Crippen LogP contribution in [-0.2, 0) is 0 Å². The maximum absolute atomic E-state index is 13.3. The average Bonchev–Trinajstić information content (AvgIpc) is 2.24. The lowest BCUT2D eigenvalue weighted by atomic mass is 10.2. The SMILES string of the molecule is Cc1cc(F)c(Br)cc1Nc1cc(Cl)nc(N)n1. The van der Waals surface area contributed by atoms with Gasteiger partial charge < -0.3 is 11.1 Å². The summed E-state index contributed by atoms with van der Waals surface area (Å²) in [5, 5.41) is 3.25. The molecule has 0 radical (unpaired) electrons. The summed E-state index contributed by atoms with van der Waals surface area (Å²) in [4.78, 5) is 7.74. The summed E-state index contributed by atoms with van der Waals surface area (Å²) in [7, 11) is 0. The summed E-state index contributed by atoms with van der Waals surface area (Å²) < 4.78 is 13.6. The van der Waals surface area contributed by atoms with Crippen molar-refractivity contribution in [3.63, 3.8) is 0 Å². The van der Waals surface area contributed by atoms with Gasteiger partial charge in [0.25, 0.3) is 0 Å². The number of halogens is 3. The molecule has 0 amide bonds. The molecule has 0 aliphatic rings. The van der Waals surface area contributed by atoms with Crippen LogP contribution in [0.2, 0.25) is 5.15 Å². The van der Waals surface area contributed by atoms with Crippen LogP contribution in [0.25, 0.3) is 0 Å². The summed E-state index contributed by atoms with van der Waals surface area (Å²) in [6, 6.07) is 4.57. The fourth-order valence-corrected chi connectivity index (χ4v) is 1.95. The molecule has 0 atom stereocenters. The first kappa shape index (κ1) is 13.0. The molecule has 2 aromatic rings. The highest BCUT2D eigenvalue weighted by Gasteiger charge is 2.07. The first-order valence-electron chi connectivity index (χ1n) is 4.98. The quantitative estimate of drug-likeness (QED) is 0.824. The highest BCUT2D eigenvalue weighted by molar-refractivity contribution is 9.10. The third kappa shape index (κ3) is 2.88. The molecule has 0 aliphatic heterocycles. The van der Waals surface area contributed by atoms with Crippen molar-refractivity contribution in [2.45, 2.75) is 6.92 Å². The summed E-state index contributed by atoms with van der Waals surface area (Å²) in [5.41, 5.74) is 6.94. The second-order valence-electron chi connectivity index (χ2n) is 3.64. The molecule has 94 valence electrons. The molecule has 1 aromatic carbocycles. The first-order valence-corrected chi connectivity index (χ1v) is 6.15. The van der Waals surface area contributed by atoms with E-state index in [2.05, 4.69) is 31.2 Å². The average molecular weight is 332 g/mol. The molecular formula is C11H9BrClFN4. The second-order valence-corrected chi connectivity index (χ2v) is 4.88. The second kappa shape index (κ2) is 5.07. The molecule has 1 aromatic heterocycles. The Morgan fingerprint density at radius 1 is 1.33 bits per heavy atom. The molecule has 0 aliphatic carbocycles. The van der Waals surface area contributed by atoms with Crippen molar-refractivity contribution in [2.75, 3.05) is 11.1 Å². The minimum atomic E-state index is -0.321. The number of nitrogens with one attached hydrogen (secondary N) is 1. The van der Waals surface area contributed by atoms with Gasteiger partial charge >= 0.3 is 0 Å². The Bertz CT molecular complexity index is 586. The summed E-state index contributed by atoms with van der Waals surface area (Å²) >= 11 is 8.90. The van der Waals surface area contributed by atoms with Gasteiger partial charge in [-0.05, 0) is 40.5 Å². The standard InChI is InChI=1S/C11H9BrClFN4/c1-5-2-7(14)6(12)3-8(5)16-10-4-9(13)17-11(15)18-10/h2-4H,1H3,(H3,15,16,17,18). The minimum Gasteiger partial charge on any atom is -0.368 e. The van der Waals surface area contributed by atoms with E-state index >= 15 is 0 Å². The van der Waals surface area contributed by atoms with Gasteiger partial charge in [-0.2, -0.15) is 4.98 Å². The van der Waals surface area contributed by atoms with Crippen molar-refractivity contribution >= 4 is 45.0 Å². The normalized spacial score (nSPS) is 10.4. The molecular weight excluding hydrogens is 323 g/mol. The van der Waals surface area contributed by atoms with Crippen LogP contribution in [0.3, 0.4) is 0 Å². The number of benzene rings is 1. The predicted octanol–water partition coefficient (Wildman–Crippen LogP) is 3.67. The van der Waals surface area contributed by atoms with Crippen LogP contribution >= 0.6 is 27.5 Å². The van der Waals surface area contributed by atoms with E-state index in [4.69, 9.17) is 17.3 Å². The Balaban J connectivity index is 2.36. The number of nitrogen functional groups attached to an aromatic ring is 1. The van der Waals surface area contributed by atoms with E-state index in [1.807, 2.05) is 0 Å². The van der Waals surface area contributed by atoms with Crippen molar-refractivity contribution in [1.82, 2.24) is 9.97 Å². The first-order chi connectivity index (χ1) is 8.45. The van der Waals surface area contributed by atoms with Gasteiger partial charge in [0.05, 0.1) is 4.47 Å². The van der Waals surface area contributed by atoms with Gasteiger partial charge in [-0.3, -0.25) is 0 Å². The molecule has 3 N–H and O–H groups in total. The molecule has 0 unspecified atom stereocenters. The smallest absolute Gasteiger partial charge is 0.223 e. The van der Waals surface area contributed by atoms with E-state index in [9.17, 15) is 4.39 Å². The van der Waals surface area contributed by atoms with Gasteiger partial charge in [0.1, 0.15) is 16.8 Å². The van der Waals surface area contributed by atoms with E-state index in [1.54, 1.807) is 13.0 Å². The lowest BCUT2D eigenvalue weighted by molar-refractivity contribution is 0.620. The number of rotatable bonds is 2. The van der Waals surface area contributed by atoms with E-state index in [0.29, 0.717) is 16.0 Å². The number of hydrogen-bond donors (Lipinski definition) is 2. The zero-order valence-electron chi connectivity index (χ0n) is 9.34. The number of aromatic nitrogens is 2. The number of nitrogens with two attached hydrogens (primary N) is 1. The van der Waals surface area contributed by atoms with Gasteiger partial charge in [-0.1, -0.05) is 11.6 Å². The number of aryl methyl sites for hydroxylation is 1. The number of nitrogens with zero attached hydrogens (tertiary/aromatic N) is 2. The fourth-order valence-electron chi connectivity index (χ4n) is 1.42. The van der Waals surface area contributed by atoms with Crippen LogP contribution in [-0.4, -0.2) is 9.97 Å². The van der Waals surface area contributed by atoms with Crippen molar-refractivity contribution in [3.05, 3.63) is 39.2 Å². The number of anilines is 3. The lowest BCUT2D eigenvalue weighted by Crippen LogP contribution is -2.01. The summed E-state index contributed by atoms with van der Waals surface area (Å²) in [6.07, 6.45) is 0. The number of hydrogen-bond acceptors (Lipinski definition) is 4. The molecule has 0 saturated carbocycles. The van der Waals surface area contributed by atoms with Crippen molar-refractivity contribution < 1.29 is 4.39 Å². The molecule has 7 heteroatoms. The van der Waals surface area contributed by atoms with Gasteiger partial charge in [-0.15, -0.1) is 0 Å². The van der Waals surface area contributed by atoms with Crippen molar-refractivity contribution in [1.29, 1.82) is 0 Å². The molecule has 4 nitrogen and oxygen atoms in total. The van der Waals surface area contributed by atoms with Crippen LogP contribution in [0.15, 0.2) is 22.7 Å². The third-order valence-electron chi connectivity index (χ3n) is 2.24. The molecule has 0 saturated heterocycles. The van der Waals surface area contributed by atoms with E-state index in [1.165, 1.54) is 12.1 Å². The van der Waals surface area contributed by atoms with Crippen LogP contribution in [0, 0.1) is 12.7 Å². The van der Waals surface area contributed by atoms with Gasteiger partial charge in [0.15, 0.2) is 0 Å². The summed E-state index contributed by atoms with van der Waals surface area (Å²) in [5.74, 6) is 0.205. The largest absolute Gasteiger partial charge is 0.368 e. The highest BCUT2D eigenvalue weighted by atomic mass is 79.9. The van der Waals surface area contributed by atoms with Gasteiger partial charge in [0.2, 0.25) is 5.95 Å². The summed E-state index contributed by atoms with van der Waals surface area (Å²) in [6.45, 7) is 1.78. The lowest BCUT2D eigenvalue weighted by Gasteiger charge is -2.10. The molecule has 0 spiro atoms. The fraction of sp³-hybridized carbons (Fsp3) is 0.0909. The Kier molecular flexibility index (Phi) is 3.68. The maximum atomic E-state index is 13.3. The predicted molar refractivity (Wildman–Crippen MR) is 73.6 cm³/mol. The molecule has 18 heavy (non-hydrogen) atoms. The van der Waals surface area contributed by atoms with Crippen LogP contribution < -0.4 is 11.1 Å². The monoisotopic (exact) mass is 330 g/mol. The van der Waals surface area contributed by atoms with E-state index < -0.39 is 0 Å². The topological polar surface area (TPSA) is 63.8 Å². The Morgan fingerprint density at radius 3 is 2.72 bits per heavy atom. The Morgan fingerprint density at radius 2 is 2.06 bits per heavy atom. The Hall–Kier alpha value is -1.40. The highest BCUT2D eigenvalue weighted by Crippen LogP contribution is 2.27. The molecule has 2 rings (SSSR count). The van der Waals surface area contributed by atoms with Crippen LogP contribution in [0.4, 0.5) is 21.8 Å². The maximum Gasteiger partial charge on any atom is 0.223 e. The van der Waals surface area contributed by atoms with Crippen molar-refractivity contribution in [3.8, 4) is 0 Å². The van der Waals surface area contributed by atoms with Crippen LogP contribution in [0.1, 0.15) is 5.56 Å². The zero-order valence-corrected chi connectivity index (χ0v) is 11.7. The third-order valence-corrected chi connectivity index (χ3v) is 3.04. The van der Waals surface area contributed by atoms with Crippen LogP contribution in [0.5, 0.6) is 0 Å². The molecule has 0 bridgehead atoms. The molecule has 1 heterocycles. The molecule has 0 fully saturated rings. The minimum absolute atomic E-state index is 0.0730. The van der Waals surface area contributed by atoms with Crippen molar-refractivity contribution in [2.24, 2.45) is 0 Å². The van der Waals surface area contributed by atoms with E-state index in [0.717, 1.165) is 5.56 Å². The Labute approximate surface area is 117 Å². The van der Waals surface area contributed by atoms with E-state index in [-0.39, 0.29) is 16.9 Å². The van der Waals surface area contributed by atoms with Gasteiger partial charge in [-0.25, -0.2) is 9.37 Å².